The van der Waals surface area contributed by atoms with Crippen LogP contribution in [0, 0.1) is 5.92 Å². The number of anilines is 5. The average molecular weight is 914 g/mol. The molecule has 0 saturated carbocycles. The van der Waals surface area contributed by atoms with Gasteiger partial charge in [-0.2, -0.15) is 0 Å². The maximum absolute atomic E-state index is 2.46. The molecule has 0 fully saturated rings. The largest absolute Gasteiger partial charge is 0.311 e. The summed E-state index contributed by atoms with van der Waals surface area (Å²) in [5, 5.41) is 5.14. The van der Waals surface area contributed by atoms with Crippen molar-refractivity contribution in [2.75, 3.05) is 9.80 Å². The van der Waals surface area contributed by atoms with Crippen molar-refractivity contribution in [2.24, 2.45) is 5.92 Å². The Labute approximate surface area is 417 Å². The van der Waals surface area contributed by atoms with Gasteiger partial charge in [0.15, 0.2) is 0 Å². The summed E-state index contributed by atoms with van der Waals surface area (Å²) in [6.07, 6.45) is 17.1. The lowest BCUT2D eigenvalue weighted by atomic mass is 9.82. The van der Waals surface area contributed by atoms with E-state index in [2.05, 4.69) is 272 Å². The molecule has 3 aliphatic carbocycles. The number of benzene rings is 9. The third-order valence-corrected chi connectivity index (χ3v) is 15.3. The molecule has 1 heterocycles. The molecule has 3 nitrogen and oxygen atoms in total. The quantitative estimate of drug-likeness (QED) is 0.143. The minimum absolute atomic E-state index is 0.124. The highest BCUT2D eigenvalue weighted by Gasteiger charge is 2.36. The summed E-state index contributed by atoms with van der Waals surface area (Å²) in [6.45, 7) is 7.00. The minimum Gasteiger partial charge on any atom is -0.311 e. The van der Waals surface area contributed by atoms with Crippen LogP contribution in [0.3, 0.4) is 0 Å². The SMILES string of the molecule is CC1C=CC(N(c2ccccc2)c2ccc(N(c3ccc(-c4cccc(-c5ccc6c(c5)c5c7ccccc7ccc5n6C5=CCCC=C5)c4)cc3)c3ccc4c(c3)C(C)(C)c3ccccc3-4)cc2)=CC1. The smallest absolute Gasteiger partial charge is 0.0547 e. The van der Waals surface area contributed by atoms with Crippen molar-refractivity contribution < 1.29 is 0 Å². The summed E-state index contributed by atoms with van der Waals surface area (Å²) in [7, 11) is 0. The molecule has 3 aliphatic rings. The molecule has 10 aromatic rings. The Balaban J connectivity index is 0.883. The fourth-order valence-corrected chi connectivity index (χ4v) is 11.6. The van der Waals surface area contributed by atoms with Gasteiger partial charge in [-0.05, 0) is 178 Å². The molecule has 0 bridgehead atoms. The van der Waals surface area contributed by atoms with Crippen molar-refractivity contribution in [1.29, 1.82) is 0 Å². The van der Waals surface area contributed by atoms with Crippen molar-refractivity contribution in [2.45, 2.75) is 45.4 Å². The number of rotatable bonds is 9. The monoisotopic (exact) mass is 913 g/mol. The van der Waals surface area contributed by atoms with E-state index in [-0.39, 0.29) is 5.41 Å². The first-order valence-corrected chi connectivity index (χ1v) is 25.3. The molecule has 3 heteroatoms. The second kappa shape index (κ2) is 17.2. The van der Waals surface area contributed by atoms with Crippen molar-refractivity contribution in [3.05, 3.63) is 253 Å². The van der Waals surface area contributed by atoms with Crippen LogP contribution in [-0.4, -0.2) is 4.57 Å². The van der Waals surface area contributed by atoms with Gasteiger partial charge in [-0.3, -0.25) is 0 Å². The topological polar surface area (TPSA) is 11.4 Å². The zero-order valence-corrected chi connectivity index (χ0v) is 40.6. The van der Waals surface area contributed by atoms with Crippen LogP contribution in [0.4, 0.5) is 28.4 Å². The van der Waals surface area contributed by atoms with E-state index in [0.29, 0.717) is 5.92 Å². The van der Waals surface area contributed by atoms with Gasteiger partial charge in [-0.1, -0.05) is 160 Å². The molecule has 0 spiro atoms. The fourth-order valence-electron chi connectivity index (χ4n) is 11.6. The second-order valence-electron chi connectivity index (χ2n) is 20.1. The van der Waals surface area contributed by atoms with Gasteiger partial charge in [0.25, 0.3) is 0 Å². The number of allylic oxidation sites excluding steroid dienone is 7. The van der Waals surface area contributed by atoms with E-state index in [0.717, 1.165) is 47.7 Å². The van der Waals surface area contributed by atoms with Crippen LogP contribution in [-0.2, 0) is 5.41 Å². The molecular weight excluding hydrogens is 859 g/mol. The van der Waals surface area contributed by atoms with Gasteiger partial charge < -0.3 is 14.4 Å². The molecule has 0 amide bonds. The number of fused-ring (bicyclic) bond motifs is 8. The number of nitrogens with zero attached hydrogens (tertiary/aromatic N) is 3. The van der Waals surface area contributed by atoms with Gasteiger partial charge in [0.1, 0.15) is 0 Å². The number of hydrogen-bond donors (Lipinski definition) is 0. The standard InChI is InChI=1S/C68H55N3/c1-46-25-31-54(32-26-46)69(52-18-6-4-7-19-52)56-35-37-57(38-36-56)70(58-39-40-61-60-23-12-13-24-63(60)68(2,3)64(61)45-58)55-33-27-47(28-34-55)49-16-14-17-50(43-49)51-30-41-65-62(44-51)67-59-22-11-10-15-48(59)29-42-66(67)71(65)53-20-8-5-9-21-53/h4,6-8,10-25,27-46H,5,9,26H2,1-3H3. The maximum atomic E-state index is 2.46. The van der Waals surface area contributed by atoms with Crippen molar-refractivity contribution >= 4 is 66.7 Å². The van der Waals surface area contributed by atoms with Crippen LogP contribution < -0.4 is 9.80 Å². The predicted octanol–water partition coefficient (Wildman–Crippen LogP) is 18.9. The van der Waals surface area contributed by atoms with Crippen molar-refractivity contribution in [3.8, 4) is 33.4 Å². The van der Waals surface area contributed by atoms with Gasteiger partial charge in [-0.25, -0.2) is 0 Å². The van der Waals surface area contributed by atoms with Crippen LogP contribution in [0.25, 0.3) is 71.7 Å². The first-order chi connectivity index (χ1) is 34.9. The molecule has 0 radical (unpaired) electrons. The van der Waals surface area contributed by atoms with E-state index < -0.39 is 0 Å². The molecule has 0 N–H and O–H groups in total. The average Bonchev–Trinajstić information content (AvgIpc) is 3.88. The zero-order chi connectivity index (χ0) is 47.6. The molecule has 1 unspecified atom stereocenters. The van der Waals surface area contributed by atoms with Gasteiger partial charge >= 0.3 is 0 Å². The summed E-state index contributed by atoms with van der Waals surface area (Å²) in [4.78, 5) is 4.80. The second-order valence-corrected chi connectivity index (χ2v) is 20.1. The van der Waals surface area contributed by atoms with Crippen LogP contribution >= 0.6 is 0 Å². The number of para-hydroxylation sites is 1. The molecule has 13 rings (SSSR count). The van der Waals surface area contributed by atoms with E-state index >= 15 is 0 Å². The summed E-state index contributed by atoms with van der Waals surface area (Å²) in [5.74, 6) is 0.534. The third kappa shape index (κ3) is 7.34. The normalized spacial score (nSPS) is 15.7. The molecule has 9 aromatic carbocycles. The summed E-state index contributed by atoms with van der Waals surface area (Å²) in [6, 6.07) is 74.4. The molecule has 0 saturated heterocycles. The highest BCUT2D eigenvalue weighted by Crippen LogP contribution is 2.51. The van der Waals surface area contributed by atoms with Crippen molar-refractivity contribution in [3.63, 3.8) is 0 Å². The van der Waals surface area contributed by atoms with Crippen LogP contribution in [0.1, 0.15) is 51.2 Å². The lowest BCUT2D eigenvalue weighted by Crippen LogP contribution is -2.18. The molecule has 0 aliphatic heterocycles. The molecule has 1 aromatic heterocycles. The van der Waals surface area contributed by atoms with E-state index in [9.17, 15) is 0 Å². The van der Waals surface area contributed by atoms with Gasteiger partial charge in [0.2, 0.25) is 0 Å². The van der Waals surface area contributed by atoms with Crippen molar-refractivity contribution in [1.82, 2.24) is 4.57 Å². The summed E-state index contributed by atoms with van der Waals surface area (Å²) in [5.41, 5.74) is 20.6. The van der Waals surface area contributed by atoms with Gasteiger partial charge in [0.05, 0.1) is 11.0 Å². The first kappa shape index (κ1) is 42.7. The number of aromatic nitrogens is 1. The minimum atomic E-state index is -0.124. The lowest BCUT2D eigenvalue weighted by molar-refractivity contribution is 0.660. The summed E-state index contributed by atoms with van der Waals surface area (Å²) >= 11 is 0. The van der Waals surface area contributed by atoms with Gasteiger partial charge in [-0.15, -0.1) is 0 Å². The Morgan fingerprint density at radius 3 is 1.89 bits per heavy atom. The van der Waals surface area contributed by atoms with Crippen LogP contribution in [0.15, 0.2) is 242 Å². The first-order valence-electron chi connectivity index (χ1n) is 25.3. The molecular formula is C68H55N3. The predicted molar refractivity (Wildman–Crippen MR) is 302 cm³/mol. The fraction of sp³-hybridized carbons (Fsp3) is 0.118. The zero-order valence-electron chi connectivity index (χ0n) is 40.6. The van der Waals surface area contributed by atoms with Crippen LogP contribution in [0.5, 0.6) is 0 Å². The van der Waals surface area contributed by atoms with Gasteiger partial charge in [0, 0.05) is 56.0 Å². The van der Waals surface area contributed by atoms with E-state index in [1.165, 1.54) is 88.5 Å². The summed E-state index contributed by atoms with van der Waals surface area (Å²) < 4.78 is 2.46. The molecule has 71 heavy (non-hydrogen) atoms. The van der Waals surface area contributed by atoms with Crippen LogP contribution in [0.2, 0.25) is 0 Å². The highest BCUT2D eigenvalue weighted by molar-refractivity contribution is 6.22. The lowest BCUT2D eigenvalue weighted by Gasteiger charge is -2.30. The molecule has 342 valence electrons. The van der Waals surface area contributed by atoms with E-state index in [4.69, 9.17) is 0 Å². The number of hydrogen-bond acceptors (Lipinski definition) is 2. The third-order valence-electron chi connectivity index (χ3n) is 15.3. The van der Waals surface area contributed by atoms with E-state index in [1.54, 1.807) is 0 Å². The Morgan fingerprint density at radius 1 is 0.465 bits per heavy atom. The Hall–Kier alpha value is -8.40. The Bertz CT molecular complexity index is 3820. The van der Waals surface area contributed by atoms with E-state index in [1.807, 2.05) is 0 Å². The Morgan fingerprint density at radius 2 is 1.11 bits per heavy atom. The Kier molecular flexibility index (Phi) is 10.4. The molecule has 1 atom stereocenters. The highest BCUT2D eigenvalue weighted by atomic mass is 15.2. The maximum Gasteiger partial charge on any atom is 0.0547 e.